The lowest BCUT2D eigenvalue weighted by atomic mass is 9.84. The Morgan fingerprint density at radius 2 is 1.62 bits per heavy atom. The zero-order valence-electron chi connectivity index (χ0n) is 35.9. The molecule has 0 spiro atoms. The van der Waals surface area contributed by atoms with Gasteiger partial charge in [0, 0.05) is 60.9 Å². The van der Waals surface area contributed by atoms with Crippen molar-refractivity contribution in [1.29, 1.82) is 0 Å². The molecule has 12 heteroatoms. The Labute approximate surface area is 372 Å². The fraction of sp³-hybridized carbons (Fsp3) is 0.288. The van der Waals surface area contributed by atoms with Crippen molar-refractivity contribution in [3.63, 3.8) is 0 Å². The number of esters is 1. The van der Waals surface area contributed by atoms with Crippen molar-refractivity contribution >= 4 is 28.4 Å². The van der Waals surface area contributed by atoms with Crippen LogP contribution >= 0.6 is 0 Å². The number of aromatic hydroxyl groups is 1. The van der Waals surface area contributed by atoms with Gasteiger partial charge in [-0.15, -0.1) is 0 Å². The number of aliphatic hydroxyl groups excluding tert-OH is 1. The van der Waals surface area contributed by atoms with E-state index in [0.29, 0.717) is 59.4 Å². The third-order valence-corrected chi connectivity index (χ3v) is 12.5. The Bertz CT molecular complexity index is 2680. The van der Waals surface area contributed by atoms with E-state index in [2.05, 4.69) is 39.5 Å². The number of pyridine rings is 1. The molecule has 5 aromatic carbocycles. The number of fused-ring (bicyclic) bond motifs is 1. The predicted molar refractivity (Wildman–Crippen MR) is 246 cm³/mol. The molecule has 6 aromatic rings. The molecule has 5 N–H and O–H groups in total. The van der Waals surface area contributed by atoms with Crippen molar-refractivity contribution in [3.8, 4) is 11.5 Å². The predicted octanol–water partition coefficient (Wildman–Crippen LogP) is 6.69. The Hall–Kier alpha value is -6.57. The summed E-state index contributed by atoms with van der Waals surface area (Å²) in [5.74, 6) is -0.184. The quantitative estimate of drug-likeness (QED) is 0.0704. The number of benzene rings is 5. The number of aromatic amines is 1. The number of rotatable bonds is 15. The smallest absolute Gasteiger partial charge is 0.347 e. The van der Waals surface area contributed by atoms with Crippen molar-refractivity contribution in [2.75, 3.05) is 46.4 Å². The van der Waals surface area contributed by atoms with Gasteiger partial charge >= 0.3 is 5.97 Å². The molecule has 0 saturated carbocycles. The minimum Gasteiger partial charge on any atom is -0.506 e. The molecule has 2 aliphatic rings. The van der Waals surface area contributed by atoms with Crippen molar-refractivity contribution in [2.45, 2.75) is 44.1 Å². The van der Waals surface area contributed by atoms with E-state index >= 15 is 0 Å². The van der Waals surface area contributed by atoms with Crippen LogP contribution in [-0.2, 0) is 28.2 Å². The third kappa shape index (κ3) is 9.80. The molecular formula is C52H54N4O8. The summed E-state index contributed by atoms with van der Waals surface area (Å²) in [5, 5.41) is 37.4. The van der Waals surface area contributed by atoms with Crippen LogP contribution in [0.3, 0.4) is 0 Å². The number of nitrogens with zero attached hydrogens (tertiary/aromatic N) is 2. The second kappa shape index (κ2) is 19.9. The van der Waals surface area contributed by atoms with Gasteiger partial charge in [0.1, 0.15) is 11.5 Å². The van der Waals surface area contributed by atoms with E-state index in [1.165, 1.54) is 17.7 Å². The first kappa shape index (κ1) is 44.1. The number of amides is 1. The number of aromatic nitrogens is 1. The average molecular weight is 863 g/mol. The van der Waals surface area contributed by atoms with Gasteiger partial charge in [0.2, 0.25) is 11.2 Å². The van der Waals surface area contributed by atoms with Crippen molar-refractivity contribution in [3.05, 3.63) is 183 Å². The first-order chi connectivity index (χ1) is 31.1. The highest BCUT2D eigenvalue weighted by molar-refractivity contribution is 5.95. The lowest BCUT2D eigenvalue weighted by Gasteiger charge is -2.33. The molecule has 0 aliphatic carbocycles. The number of ether oxygens (including phenoxy) is 2. The van der Waals surface area contributed by atoms with Crippen LogP contribution in [0.15, 0.2) is 138 Å². The van der Waals surface area contributed by atoms with Crippen LogP contribution < -0.4 is 15.6 Å². The van der Waals surface area contributed by atoms with Gasteiger partial charge in [-0.25, -0.2) is 4.79 Å². The van der Waals surface area contributed by atoms with Crippen LogP contribution in [-0.4, -0.2) is 88.4 Å². The molecule has 1 unspecified atom stereocenters. The van der Waals surface area contributed by atoms with Gasteiger partial charge in [-0.05, 0) is 96.4 Å². The van der Waals surface area contributed by atoms with Gasteiger partial charge in [-0.2, -0.15) is 0 Å². The molecule has 64 heavy (non-hydrogen) atoms. The van der Waals surface area contributed by atoms with E-state index in [-0.39, 0.29) is 41.8 Å². The molecule has 8 rings (SSSR count). The summed E-state index contributed by atoms with van der Waals surface area (Å²) in [6, 6.07) is 38.1. The number of hydrogen-bond donors (Lipinski definition) is 5. The SMILES string of the molecule is COc1cc(C(=O)N2CC=C(c3cccc(C(O)(C(=O)OCC4CCN(Cc5ccccc5)CC4)c4ccccc4)c3)CC2)ccc1CNC[C@H](O)c1ccc(O)c2[nH]c(=O)ccc12. The molecule has 1 aromatic heterocycles. The Morgan fingerprint density at radius 3 is 2.36 bits per heavy atom. The van der Waals surface area contributed by atoms with Gasteiger partial charge in [-0.1, -0.05) is 97.1 Å². The molecule has 330 valence electrons. The van der Waals surface area contributed by atoms with Crippen molar-refractivity contribution in [1.82, 2.24) is 20.1 Å². The largest absolute Gasteiger partial charge is 0.506 e. The summed E-state index contributed by atoms with van der Waals surface area (Å²) in [4.78, 5) is 46.4. The Balaban J connectivity index is 0.889. The maximum absolute atomic E-state index is 14.0. The average Bonchev–Trinajstić information content (AvgIpc) is 3.34. The van der Waals surface area contributed by atoms with Gasteiger partial charge in [0.25, 0.3) is 5.91 Å². The fourth-order valence-electron chi connectivity index (χ4n) is 8.80. The number of likely N-dealkylation sites (tertiary alicyclic amines) is 1. The Morgan fingerprint density at radius 1 is 0.875 bits per heavy atom. The van der Waals surface area contributed by atoms with Crippen molar-refractivity contribution < 1.29 is 34.4 Å². The van der Waals surface area contributed by atoms with E-state index in [4.69, 9.17) is 9.47 Å². The normalized spacial score (nSPS) is 16.2. The molecule has 0 bridgehead atoms. The highest BCUT2D eigenvalue weighted by atomic mass is 16.5. The number of methoxy groups -OCH3 is 1. The Kier molecular flexibility index (Phi) is 13.7. The first-order valence-corrected chi connectivity index (χ1v) is 21.8. The van der Waals surface area contributed by atoms with Crippen LogP contribution in [0.4, 0.5) is 0 Å². The maximum Gasteiger partial charge on any atom is 0.347 e. The number of aliphatic hydroxyl groups is 2. The number of carbonyl (C=O) groups is 2. The second-order valence-corrected chi connectivity index (χ2v) is 16.6. The molecule has 1 amide bonds. The van der Waals surface area contributed by atoms with Gasteiger partial charge in [0.05, 0.1) is 25.3 Å². The molecule has 12 nitrogen and oxygen atoms in total. The number of hydrogen-bond acceptors (Lipinski definition) is 10. The second-order valence-electron chi connectivity index (χ2n) is 16.6. The number of nitrogens with one attached hydrogen (secondary N) is 2. The maximum atomic E-state index is 14.0. The van der Waals surface area contributed by atoms with Crippen molar-refractivity contribution in [2.24, 2.45) is 5.92 Å². The van der Waals surface area contributed by atoms with Crippen LogP contribution in [0.1, 0.15) is 69.1 Å². The minimum atomic E-state index is -2.02. The highest BCUT2D eigenvalue weighted by Crippen LogP contribution is 2.35. The molecule has 1 fully saturated rings. The van der Waals surface area contributed by atoms with E-state index in [1.54, 1.807) is 66.6 Å². The number of carbonyl (C=O) groups excluding carboxylic acids is 2. The first-order valence-electron chi connectivity index (χ1n) is 21.8. The topological polar surface area (TPSA) is 165 Å². The zero-order chi connectivity index (χ0) is 44.6. The number of piperidine rings is 1. The monoisotopic (exact) mass is 862 g/mol. The lowest BCUT2D eigenvalue weighted by molar-refractivity contribution is -0.164. The molecule has 0 radical (unpaired) electrons. The van der Waals surface area contributed by atoms with Gasteiger partial charge in [-0.3, -0.25) is 14.5 Å². The lowest BCUT2D eigenvalue weighted by Crippen LogP contribution is -2.40. The van der Waals surface area contributed by atoms with Crippen LogP contribution in [0.2, 0.25) is 0 Å². The highest BCUT2D eigenvalue weighted by Gasteiger charge is 2.42. The molecule has 2 atom stereocenters. The minimum absolute atomic E-state index is 0.0764. The third-order valence-electron chi connectivity index (χ3n) is 12.5. The summed E-state index contributed by atoms with van der Waals surface area (Å²) in [5.41, 5.74) is 3.73. The van der Waals surface area contributed by atoms with E-state index < -0.39 is 17.7 Å². The van der Waals surface area contributed by atoms with E-state index in [1.807, 2.05) is 42.5 Å². The summed E-state index contributed by atoms with van der Waals surface area (Å²) in [6.45, 7) is 4.34. The summed E-state index contributed by atoms with van der Waals surface area (Å²) in [7, 11) is 1.55. The molecule has 2 aliphatic heterocycles. The zero-order valence-corrected chi connectivity index (χ0v) is 35.9. The summed E-state index contributed by atoms with van der Waals surface area (Å²) < 4.78 is 11.6. The van der Waals surface area contributed by atoms with Crippen LogP contribution in [0.25, 0.3) is 16.5 Å². The molecular weight excluding hydrogens is 809 g/mol. The summed E-state index contributed by atoms with van der Waals surface area (Å²) >= 11 is 0. The van der Waals surface area contributed by atoms with Crippen LogP contribution in [0.5, 0.6) is 11.5 Å². The fourth-order valence-corrected chi connectivity index (χ4v) is 8.80. The number of phenolic OH excluding ortho intramolecular Hbond substituents is 1. The summed E-state index contributed by atoms with van der Waals surface area (Å²) in [6.07, 6.45) is 3.47. The molecule has 3 heterocycles. The van der Waals surface area contributed by atoms with Gasteiger partial charge in [0.15, 0.2) is 0 Å². The number of phenols is 1. The van der Waals surface area contributed by atoms with Gasteiger partial charge < -0.3 is 40.0 Å². The van der Waals surface area contributed by atoms with E-state index in [9.17, 15) is 29.7 Å². The number of H-pyrrole nitrogens is 1. The van der Waals surface area contributed by atoms with Crippen LogP contribution in [0, 0.1) is 5.92 Å². The molecule has 1 saturated heterocycles. The standard InChI is InChI=1S/C52H54N4O8/c1-63-47-30-39(15-16-40(47)31-53-32-46(58)43-17-19-45(57)49-44(43)18-20-48(59)54-49)50(60)56-27-23-37(24-28-56)38-11-8-14-42(29-38)52(62,41-12-6-3-7-13-41)51(61)64-34-36-21-25-55(26-22-36)33-35-9-4-2-5-10-35/h2-20,23,29-30,36,46,53,57-58,62H,21-22,24-28,31-34H2,1H3,(H,54,59)/t46-,52?/m0/s1. The van der Waals surface area contributed by atoms with E-state index in [0.717, 1.165) is 49.2 Å².